The van der Waals surface area contributed by atoms with Crippen LogP contribution < -0.4 is 19.7 Å². The van der Waals surface area contributed by atoms with Crippen molar-refractivity contribution in [3.05, 3.63) is 94.8 Å². The van der Waals surface area contributed by atoms with E-state index in [0.29, 0.717) is 22.6 Å². The molecule has 1 aliphatic rings. The molecule has 4 amide bonds. The lowest BCUT2D eigenvalue weighted by atomic mass is 10.1. The summed E-state index contributed by atoms with van der Waals surface area (Å²) in [6.45, 7) is 1.96. The summed E-state index contributed by atoms with van der Waals surface area (Å²) in [4.78, 5) is 51.2. The van der Waals surface area contributed by atoms with Gasteiger partial charge < -0.3 is 14.2 Å². The molecule has 0 aromatic heterocycles. The van der Waals surface area contributed by atoms with Crippen molar-refractivity contribution in [2.75, 3.05) is 18.6 Å². The van der Waals surface area contributed by atoms with Crippen molar-refractivity contribution >= 4 is 35.6 Å². The zero-order valence-electron chi connectivity index (χ0n) is 20.5. The number of benzene rings is 3. The van der Waals surface area contributed by atoms with Crippen molar-refractivity contribution in [2.45, 2.75) is 13.5 Å². The van der Waals surface area contributed by atoms with Crippen LogP contribution in [0.15, 0.2) is 72.3 Å². The van der Waals surface area contributed by atoms with Crippen LogP contribution in [0.5, 0.6) is 11.5 Å². The van der Waals surface area contributed by atoms with Crippen LogP contribution in [-0.4, -0.2) is 37.5 Å². The highest BCUT2D eigenvalue weighted by Crippen LogP contribution is 2.30. The molecular formula is C28H23FN2O7. The maximum atomic E-state index is 13.3. The van der Waals surface area contributed by atoms with E-state index in [1.807, 2.05) is 0 Å². The summed E-state index contributed by atoms with van der Waals surface area (Å²) in [5.41, 5.74) is 1.16. The zero-order valence-corrected chi connectivity index (χ0v) is 20.5. The van der Waals surface area contributed by atoms with E-state index < -0.39 is 23.8 Å². The number of amides is 4. The molecule has 1 heterocycles. The van der Waals surface area contributed by atoms with E-state index in [1.165, 1.54) is 49.6 Å². The van der Waals surface area contributed by atoms with Gasteiger partial charge in [-0.05, 0) is 67.1 Å². The van der Waals surface area contributed by atoms with Gasteiger partial charge in [0.2, 0.25) is 0 Å². The molecule has 0 radical (unpaired) electrons. The lowest BCUT2D eigenvalue weighted by Gasteiger charge is -2.26. The van der Waals surface area contributed by atoms with E-state index in [0.717, 1.165) is 4.90 Å². The fourth-order valence-electron chi connectivity index (χ4n) is 3.64. The van der Waals surface area contributed by atoms with Crippen molar-refractivity contribution in [1.82, 2.24) is 5.32 Å². The number of imide groups is 2. The van der Waals surface area contributed by atoms with Crippen molar-refractivity contribution in [1.29, 1.82) is 0 Å². The number of urea groups is 1. The summed E-state index contributed by atoms with van der Waals surface area (Å²) in [5.74, 6) is -1.89. The number of hydrogen-bond acceptors (Lipinski definition) is 7. The maximum absolute atomic E-state index is 13.3. The molecule has 38 heavy (non-hydrogen) atoms. The standard InChI is InChI=1S/C28H23FN2O7/c1-3-37-27(34)18-6-11-21(12-7-18)31-26(33)23(25(32)30-28(31)35)14-19-8-13-22(36-2)15-24(19)38-16-17-4-9-20(29)10-5-17/h4-15H,3,16H2,1-2H3,(H,30,32,35)/b23-14+. The second kappa shape index (κ2) is 11.4. The molecule has 194 valence electrons. The molecular weight excluding hydrogens is 495 g/mol. The highest BCUT2D eigenvalue weighted by atomic mass is 19.1. The summed E-state index contributed by atoms with van der Waals surface area (Å²) < 4.78 is 29.3. The summed E-state index contributed by atoms with van der Waals surface area (Å²) in [7, 11) is 1.48. The largest absolute Gasteiger partial charge is 0.497 e. The van der Waals surface area contributed by atoms with Crippen LogP contribution >= 0.6 is 0 Å². The Bertz CT molecular complexity index is 1420. The highest BCUT2D eigenvalue weighted by molar-refractivity contribution is 6.39. The Hall–Kier alpha value is -4.99. The molecule has 10 heteroatoms. The molecule has 1 fully saturated rings. The Morgan fingerprint density at radius 2 is 1.71 bits per heavy atom. The predicted octanol–water partition coefficient (Wildman–Crippen LogP) is 4.26. The molecule has 4 rings (SSSR count). The Kier molecular flexibility index (Phi) is 7.81. The minimum atomic E-state index is -0.927. The van der Waals surface area contributed by atoms with Crippen molar-refractivity contribution in [3.63, 3.8) is 0 Å². The van der Waals surface area contributed by atoms with Crippen LogP contribution in [0.25, 0.3) is 6.08 Å². The Balaban J connectivity index is 1.64. The summed E-state index contributed by atoms with van der Waals surface area (Å²) in [6.07, 6.45) is 1.31. The smallest absolute Gasteiger partial charge is 0.338 e. The summed E-state index contributed by atoms with van der Waals surface area (Å²) in [5, 5.41) is 2.16. The topological polar surface area (TPSA) is 111 Å². The molecule has 1 saturated heterocycles. The zero-order chi connectivity index (χ0) is 27.2. The first-order valence-electron chi connectivity index (χ1n) is 11.5. The molecule has 0 aliphatic carbocycles. The fourth-order valence-corrected chi connectivity index (χ4v) is 3.64. The van der Waals surface area contributed by atoms with Crippen LogP contribution in [0.3, 0.4) is 0 Å². The van der Waals surface area contributed by atoms with Crippen LogP contribution in [0, 0.1) is 5.82 Å². The van der Waals surface area contributed by atoms with E-state index >= 15 is 0 Å². The monoisotopic (exact) mass is 518 g/mol. The van der Waals surface area contributed by atoms with Crippen molar-refractivity contribution in [2.24, 2.45) is 0 Å². The van der Waals surface area contributed by atoms with Gasteiger partial charge in [-0.2, -0.15) is 0 Å². The Labute approximate surface area is 217 Å². The third-order valence-electron chi connectivity index (χ3n) is 5.57. The lowest BCUT2D eigenvalue weighted by Crippen LogP contribution is -2.54. The van der Waals surface area contributed by atoms with Gasteiger partial charge in [0.05, 0.1) is 25.0 Å². The molecule has 3 aromatic rings. The lowest BCUT2D eigenvalue weighted by molar-refractivity contribution is -0.122. The van der Waals surface area contributed by atoms with Crippen LogP contribution in [0.2, 0.25) is 0 Å². The fraction of sp³-hybridized carbons (Fsp3) is 0.143. The average Bonchev–Trinajstić information content (AvgIpc) is 2.91. The molecule has 9 nitrogen and oxygen atoms in total. The molecule has 0 saturated carbocycles. The van der Waals surface area contributed by atoms with E-state index in [2.05, 4.69) is 5.32 Å². The number of rotatable bonds is 8. The van der Waals surface area contributed by atoms with Gasteiger partial charge in [0, 0.05) is 11.6 Å². The number of carbonyl (C=O) groups excluding carboxylic acids is 4. The molecule has 0 atom stereocenters. The van der Waals surface area contributed by atoms with Crippen molar-refractivity contribution in [3.8, 4) is 11.5 Å². The molecule has 1 aliphatic heterocycles. The number of hydrogen-bond donors (Lipinski definition) is 1. The van der Waals surface area contributed by atoms with Gasteiger partial charge in [-0.15, -0.1) is 0 Å². The molecule has 0 spiro atoms. The third-order valence-corrected chi connectivity index (χ3v) is 5.57. The van der Waals surface area contributed by atoms with E-state index in [1.54, 1.807) is 37.3 Å². The van der Waals surface area contributed by atoms with Gasteiger partial charge in [0.25, 0.3) is 11.8 Å². The molecule has 1 N–H and O–H groups in total. The van der Waals surface area contributed by atoms with E-state index in [9.17, 15) is 23.6 Å². The number of anilines is 1. The number of nitrogens with one attached hydrogen (secondary N) is 1. The van der Waals surface area contributed by atoms with Gasteiger partial charge in [0.15, 0.2) is 0 Å². The van der Waals surface area contributed by atoms with Crippen LogP contribution in [0.1, 0.15) is 28.4 Å². The number of esters is 1. The number of nitrogens with zero attached hydrogens (tertiary/aromatic N) is 1. The summed E-state index contributed by atoms with van der Waals surface area (Å²) in [6, 6.07) is 15.3. The minimum absolute atomic E-state index is 0.0845. The maximum Gasteiger partial charge on any atom is 0.338 e. The number of carbonyl (C=O) groups is 4. The highest BCUT2D eigenvalue weighted by Gasteiger charge is 2.37. The Morgan fingerprint density at radius 1 is 1.00 bits per heavy atom. The first-order valence-corrected chi connectivity index (χ1v) is 11.5. The van der Waals surface area contributed by atoms with Gasteiger partial charge in [0.1, 0.15) is 29.5 Å². The first kappa shape index (κ1) is 26.1. The number of ether oxygens (including phenoxy) is 3. The van der Waals surface area contributed by atoms with Crippen molar-refractivity contribution < 1.29 is 37.8 Å². The number of barbiturate groups is 1. The van der Waals surface area contributed by atoms with Crippen LogP contribution in [0.4, 0.5) is 14.9 Å². The minimum Gasteiger partial charge on any atom is -0.497 e. The van der Waals surface area contributed by atoms with Gasteiger partial charge in [-0.3, -0.25) is 14.9 Å². The van der Waals surface area contributed by atoms with E-state index in [4.69, 9.17) is 14.2 Å². The Morgan fingerprint density at radius 3 is 2.37 bits per heavy atom. The quantitative estimate of drug-likeness (QED) is 0.270. The van der Waals surface area contributed by atoms with Gasteiger partial charge in [-0.1, -0.05) is 12.1 Å². The SMILES string of the molecule is CCOC(=O)c1ccc(N2C(=O)NC(=O)/C(=C\c3ccc(OC)cc3OCc3ccc(F)cc3)C2=O)cc1. The second-order valence-electron chi connectivity index (χ2n) is 8.04. The van der Waals surface area contributed by atoms with Crippen LogP contribution in [-0.2, 0) is 20.9 Å². The molecule has 0 bridgehead atoms. The van der Waals surface area contributed by atoms with Gasteiger partial charge >= 0.3 is 12.0 Å². The number of methoxy groups -OCH3 is 1. The van der Waals surface area contributed by atoms with Gasteiger partial charge in [-0.25, -0.2) is 18.9 Å². The summed E-state index contributed by atoms with van der Waals surface area (Å²) >= 11 is 0. The average molecular weight is 518 g/mol. The second-order valence-corrected chi connectivity index (χ2v) is 8.04. The molecule has 3 aromatic carbocycles. The number of halogens is 1. The third kappa shape index (κ3) is 5.70. The normalized spacial score (nSPS) is 14.3. The first-order chi connectivity index (χ1) is 18.3. The van der Waals surface area contributed by atoms with E-state index in [-0.39, 0.29) is 35.9 Å². The predicted molar refractivity (Wildman–Crippen MR) is 135 cm³/mol. The molecule has 0 unspecified atom stereocenters.